The summed E-state index contributed by atoms with van der Waals surface area (Å²) < 4.78 is 49.4. The van der Waals surface area contributed by atoms with Crippen molar-refractivity contribution in [1.82, 2.24) is 5.16 Å². The molecule has 0 fully saturated rings. The predicted octanol–water partition coefficient (Wildman–Crippen LogP) is 6.85. The molecule has 1 heterocycles. The third kappa shape index (κ3) is 6.09. The van der Waals surface area contributed by atoms with E-state index in [4.69, 9.17) is 9.26 Å². The number of aliphatic carboxylic acids is 1. The molecule has 8 heteroatoms. The molecule has 4 rings (SSSR count). The van der Waals surface area contributed by atoms with Crippen molar-refractivity contribution in [2.24, 2.45) is 0 Å². The Balaban J connectivity index is 1.44. The highest BCUT2D eigenvalue weighted by molar-refractivity contribution is 5.69. The number of nitrogens with zero attached hydrogens (tertiary/aromatic N) is 1. The minimum atomic E-state index is -4.37. The molecular formula is C27H22F3NO4. The van der Waals surface area contributed by atoms with Crippen molar-refractivity contribution in [2.75, 3.05) is 0 Å². The van der Waals surface area contributed by atoms with Gasteiger partial charge in [-0.05, 0) is 59.5 Å². The van der Waals surface area contributed by atoms with Crippen LogP contribution in [0.5, 0.6) is 5.75 Å². The van der Waals surface area contributed by atoms with Crippen LogP contribution in [0.1, 0.15) is 40.5 Å². The van der Waals surface area contributed by atoms with E-state index in [1.54, 1.807) is 37.3 Å². The predicted molar refractivity (Wildman–Crippen MR) is 123 cm³/mol. The summed E-state index contributed by atoms with van der Waals surface area (Å²) in [6.07, 6.45) is -4.49. The van der Waals surface area contributed by atoms with E-state index in [2.05, 4.69) is 5.16 Å². The molecule has 0 bridgehead atoms. The van der Waals surface area contributed by atoms with E-state index in [9.17, 15) is 23.1 Å². The minimum absolute atomic E-state index is 0.122. The number of halogens is 3. The Hall–Kier alpha value is -4.07. The Kier molecular flexibility index (Phi) is 6.91. The highest BCUT2D eigenvalue weighted by atomic mass is 19.4. The third-order valence-corrected chi connectivity index (χ3v) is 5.54. The minimum Gasteiger partial charge on any atom is -0.489 e. The van der Waals surface area contributed by atoms with Crippen molar-refractivity contribution in [3.05, 3.63) is 107 Å². The average molecular weight is 481 g/mol. The molecule has 1 aromatic heterocycles. The van der Waals surface area contributed by atoms with Crippen LogP contribution in [0.3, 0.4) is 0 Å². The zero-order chi connectivity index (χ0) is 25.0. The highest BCUT2D eigenvalue weighted by Gasteiger charge is 2.30. The second-order valence-electron chi connectivity index (χ2n) is 8.15. The van der Waals surface area contributed by atoms with Gasteiger partial charge < -0.3 is 14.4 Å². The summed E-state index contributed by atoms with van der Waals surface area (Å²) in [5.74, 6) is -0.184. The van der Waals surface area contributed by atoms with Gasteiger partial charge in [0.25, 0.3) is 0 Å². The SMILES string of the molecule is Cc1cc(C(CC(=O)O)c2ccc(OCc3cccc(-c4ccc(C(F)(F)F)cc4)c3)cc2)no1. The number of ether oxygens (including phenoxy) is 1. The molecule has 0 radical (unpaired) electrons. The fraction of sp³-hybridized carbons (Fsp3) is 0.185. The standard InChI is InChI=1S/C27H22F3NO4/c1-17-13-25(31-35-17)24(15-26(32)33)20-7-11-23(12-8-20)34-16-18-3-2-4-21(14-18)19-5-9-22(10-6-19)27(28,29)30/h2-14,24H,15-16H2,1H3,(H,32,33). The van der Waals surface area contributed by atoms with Crippen LogP contribution in [0.25, 0.3) is 11.1 Å². The monoisotopic (exact) mass is 481 g/mol. The maximum atomic E-state index is 12.8. The first-order chi connectivity index (χ1) is 16.7. The van der Waals surface area contributed by atoms with E-state index in [0.717, 1.165) is 28.8 Å². The van der Waals surface area contributed by atoms with Crippen LogP contribution < -0.4 is 4.74 Å². The van der Waals surface area contributed by atoms with Gasteiger partial charge in [0, 0.05) is 12.0 Å². The fourth-order valence-electron chi connectivity index (χ4n) is 3.77. The lowest BCUT2D eigenvalue weighted by Gasteiger charge is -2.14. The molecular weight excluding hydrogens is 459 g/mol. The first-order valence-corrected chi connectivity index (χ1v) is 10.8. The van der Waals surface area contributed by atoms with Crippen LogP contribution in [0, 0.1) is 6.92 Å². The number of alkyl halides is 3. The topological polar surface area (TPSA) is 72.6 Å². The molecule has 0 aliphatic rings. The van der Waals surface area contributed by atoms with Crippen LogP contribution in [-0.2, 0) is 17.6 Å². The molecule has 5 nitrogen and oxygen atoms in total. The Bertz CT molecular complexity index is 1300. The number of carbonyl (C=O) groups is 1. The quantitative estimate of drug-likeness (QED) is 0.298. The second kappa shape index (κ2) is 10.0. The summed E-state index contributed by atoms with van der Waals surface area (Å²) in [5, 5.41) is 13.3. The smallest absolute Gasteiger partial charge is 0.416 e. The largest absolute Gasteiger partial charge is 0.489 e. The van der Waals surface area contributed by atoms with Gasteiger partial charge in [-0.2, -0.15) is 13.2 Å². The highest BCUT2D eigenvalue weighted by Crippen LogP contribution is 2.32. The Morgan fingerprint density at radius 2 is 1.71 bits per heavy atom. The number of rotatable bonds is 8. The van der Waals surface area contributed by atoms with E-state index < -0.39 is 23.6 Å². The Labute approximate surface area is 199 Å². The van der Waals surface area contributed by atoms with Crippen molar-refractivity contribution in [2.45, 2.75) is 32.0 Å². The molecule has 0 aliphatic carbocycles. The number of aromatic nitrogens is 1. The molecule has 1 unspecified atom stereocenters. The average Bonchev–Trinajstić information content (AvgIpc) is 3.27. The van der Waals surface area contributed by atoms with E-state index in [1.807, 2.05) is 24.3 Å². The fourth-order valence-corrected chi connectivity index (χ4v) is 3.77. The molecule has 0 spiro atoms. The number of hydrogen-bond donors (Lipinski definition) is 1. The first kappa shape index (κ1) is 24.1. The number of aryl methyl sites for hydroxylation is 1. The summed E-state index contributed by atoms with van der Waals surface area (Å²) in [6.45, 7) is 2.01. The number of carboxylic acid groups (broad SMARTS) is 1. The van der Waals surface area contributed by atoms with Gasteiger partial charge >= 0.3 is 12.1 Å². The van der Waals surface area contributed by atoms with Crippen LogP contribution in [0.4, 0.5) is 13.2 Å². The maximum Gasteiger partial charge on any atom is 0.416 e. The lowest BCUT2D eigenvalue weighted by Crippen LogP contribution is -2.08. The van der Waals surface area contributed by atoms with Gasteiger partial charge in [0.15, 0.2) is 0 Å². The summed E-state index contributed by atoms with van der Waals surface area (Å²) >= 11 is 0. The van der Waals surface area contributed by atoms with Gasteiger partial charge in [0.2, 0.25) is 0 Å². The van der Waals surface area contributed by atoms with Gasteiger partial charge in [-0.3, -0.25) is 4.79 Å². The van der Waals surface area contributed by atoms with Crippen molar-refractivity contribution >= 4 is 5.97 Å². The van der Waals surface area contributed by atoms with Gasteiger partial charge in [-0.1, -0.05) is 47.6 Å². The van der Waals surface area contributed by atoms with E-state index in [0.29, 0.717) is 22.8 Å². The molecule has 4 aromatic rings. The maximum absolute atomic E-state index is 12.8. The third-order valence-electron chi connectivity index (χ3n) is 5.54. The lowest BCUT2D eigenvalue weighted by atomic mass is 9.92. The zero-order valence-corrected chi connectivity index (χ0v) is 18.8. The molecule has 1 atom stereocenters. The number of hydrogen-bond acceptors (Lipinski definition) is 4. The normalized spacial score (nSPS) is 12.3. The Morgan fingerprint density at radius 3 is 2.31 bits per heavy atom. The first-order valence-electron chi connectivity index (χ1n) is 10.8. The van der Waals surface area contributed by atoms with Gasteiger partial charge in [0.1, 0.15) is 18.1 Å². The van der Waals surface area contributed by atoms with Crippen molar-refractivity contribution in [1.29, 1.82) is 0 Å². The van der Waals surface area contributed by atoms with Crippen LogP contribution >= 0.6 is 0 Å². The summed E-state index contributed by atoms with van der Waals surface area (Å²) in [6, 6.07) is 21.3. The molecule has 1 N–H and O–H groups in total. The van der Waals surface area contributed by atoms with Gasteiger partial charge in [0.05, 0.1) is 17.7 Å². The molecule has 3 aromatic carbocycles. The zero-order valence-electron chi connectivity index (χ0n) is 18.8. The summed E-state index contributed by atoms with van der Waals surface area (Å²) in [4.78, 5) is 11.3. The van der Waals surface area contributed by atoms with Crippen LogP contribution in [0.2, 0.25) is 0 Å². The van der Waals surface area contributed by atoms with Crippen LogP contribution in [-0.4, -0.2) is 16.2 Å². The molecule has 35 heavy (non-hydrogen) atoms. The van der Waals surface area contributed by atoms with Crippen LogP contribution in [0.15, 0.2) is 83.4 Å². The lowest BCUT2D eigenvalue weighted by molar-refractivity contribution is -0.138. The molecule has 0 amide bonds. The van der Waals surface area contributed by atoms with Crippen molar-refractivity contribution in [3.63, 3.8) is 0 Å². The van der Waals surface area contributed by atoms with Gasteiger partial charge in [-0.25, -0.2) is 0 Å². The number of carboxylic acids is 1. The second-order valence-corrected chi connectivity index (χ2v) is 8.15. The van der Waals surface area contributed by atoms with Crippen molar-refractivity contribution in [3.8, 4) is 16.9 Å². The summed E-state index contributed by atoms with van der Waals surface area (Å²) in [5.41, 5.74) is 2.96. The Morgan fingerprint density at radius 1 is 1.00 bits per heavy atom. The molecule has 180 valence electrons. The molecule has 0 saturated carbocycles. The van der Waals surface area contributed by atoms with E-state index >= 15 is 0 Å². The van der Waals surface area contributed by atoms with E-state index in [-0.39, 0.29) is 13.0 Å². The molecule has 0 saturated heterocycles. The molecule has 0 aliphatic heterocycles. The van der Waals surface area contributed by atoms with E-state index in [1.165, 1.54) is 12.1 Å². The van der Waals surface area contributed by atoms with Gasteiger partial charge in [-0.15, -0.1) is 0 Å². The van der Waals surface area contributed by atoms with Crippen molar-refractivity contribution < 1.29 is 32.3 Å². The number of benzene rings is 3. The summed E-state index contributed by atoms with van der Waals surface area (Å²) in [7, 11) is 0.